The fraction of sp³-hybridized carbons (Fsp3) is 0.556. The molecular formula is C18H24N2O4. The average Bonchev–Trinajstić information content (AvgIpc) is 2.63. The second-order valence-electron chi connectivity index (χ2n) is 6.52. The lowest BCUT2D eigenvalue weighted by atomic mass is 9.90. The predicted octanol–water partition coefficient (Wildman–Crippen LogP) is 2.09. The summed E-state index contributed by atoms with van der Waals surface area (Å²) < 4.78 is 5.28. The quantitative estimate of drug-likeness (QED) is 0.920. The standard InChI is InChI=1S/C18H24N2O4/c21-17(19-9-11-24-12-10-19)16-3-1-14(2-4-16)13-15-5-7-20(8-6-15)18(22)23/h1-4,15H,5-13H2,(H,22,23). The summed E-state index contributed by atoms with van der Waals surface area (Å²) in [4.78, 5) is 26.7. The van der Waals surface area contributed by atoms with E-state index in [0.29, 0.717) is 45.3 Å². The molecule has 2 saturated heterocycles. The van der Waals surface area contributed by atoms with Gasteiger partial charge in [-0.3, -0.25) is 4.79 Å². The summed E-state index contributed by atoms with van der Waals surface area (Å²) in [7, 11) is 0. The third kappa shape index (κ3) is 4.06. The second-order valence-corrected chi connectivity index (χ2v) is 6.52. The first-order chi connectivity index (χ1) is 11.6. The smallest absolute Gasteiger partial charge is 0.407 e. The van der Waals surface area contributed by atoms with Crippen LogP contribution < -0.4 is 0 Å². The number of rotatable bonds is 3. The van der Waals surface area contributed by atoms with Crippen LogP contribution in [0.1, 0.15) is 28.8 Å². The minimum Gasteiger partial charge on any atom is -0.465 e. The van der Waals surface area contributed by atoms with Gasteiger partial charge in [0.15, 0.2) is 0 Å². The number of morpholine rings is 1. The number of carbonyl (C=O) groups is 2. The molecule has 0 atom stereocenters. The van der Waals surface area contributed by atoms with Crippen molar-refractivity contribution in [2.45, 2.75) is 19.3 Å². The minimum absolute atomic E-state index is 0.0691. The molecule has 0 aliphatic carbocycles. The summed E-state index contributed by atoms with van der Waals surface area (Å²) in [6.07, 6.45) is 1.93. The van der Waals surface area contributed by atoms with Crippen LogP contribution in [0, 0.1) is 5.92 Å². The first-order valence-electron chi connectivity index (χ1n) is 8.57. The molecular weight excluding hydrogens is 308 g/mol. The Hall–Kier alpha value is -2.08. The van der Waals surface area contributed by atoms with E-state index in [-0.39, 0.29) is 5.91 Å². The first-order valence-corrected chi connectivity index (χ1v) is 8.57. The van der Waals surface area contributed by atoms with Gasteiger partial charge in [0.2, 0.25) is 0 Å². The van der Waals surface area contributed by atoms with Gasteiger partial charge in [0, 0.05) is 31.7 Å². The highest BCUT2D eigenvalue weighted by Gasteiger charge is 2.23. The number of hydrogen-bond donors (Lipinski definition) is 1. The van der Waals surface area contributed by atoms with Crippen LogP contribution in [0.5, 0.6) is 0 Å². The Morgan fingerprint density at radius 1 is 1.00 bits per heavy atom. The molecule has 2 amide bonds. The van der Waals surface area contributed by atoms with Crippen LogP contribution in [-0.2, 0) is 11.2 Å². The summed E-state index contributed by atoms with van der Waals surface area (Å²) in [5.74, 6) is 0.584. The number of nitrogens with zero attached hydrogens (tertiary/aromatic N) is 2. The van der Waals surface area contributed by atoms with Crippen molar-refractivity contribution in [3.63, 3.8) is 0 Å². The lowest BCUT2D eigenvalue weighted by Gasteiger charge is -2.30. The third-order valence-corrected chi connectivity index (χ3v) is 4.91. The van der Waals surface area contributed by atoms with Gasteiger partial charge in [-0.2, -0.15) is 0 Å². The lowest BCUT2D eigenvalue weighted by Crippen LogP contribution is -2.40. The van der Waals surface area contributed by atoms with Crippen LogP contribution in [0.3, 0.4) is 0 Å². The lowest BCUT2D eigenvalue weighted by molar-refractivity contribution is 0.0303. The van der Waals surface area contributed by atoms with E-state index in [1.807, 2.05) is 29.2 Å². The van der Waals surface area contributed by atoms with E-state index < -0.39 is 6.09 Å². The molecule has 2 aliphatic rings. The largest absolute Gasteiger partial charge is 0.465 e. The first kappa shape index (κ1) is 16.8. The Labute approximate surface area is 142 Å². The van der Waals surface area contributed by atoms with Gasteiger partial charge < -0.3 is 19.6 Å². The monoisotopic (exact) mass is 332 g/mol. The number of likely N-dealkylation sites (tertiary alicyclic amines) is 1. The van der Waals surface area contributed by atoms with E-state index in [2.05, 4.69) is 0 Å². The molecule has 2 heterocycles. The van der Waals surface area contributed by atoms with Crippen molar-refractivity contribution in [1.82, 2.24) is 9.80 Å². The number of carbonyl (C=O) groups excluding carboxylic acids is 1. The van der Waals surface area contributed by atoms with Crippen molar-refractivity contribution in [2.75, 3.05) is 39.4 Å². The Morgan fingerprint density at radius 2 is 1.62 bits per heavy atom. The highest BCUT2D eigenvalue weighted by molar-refractivity contribution is 5.94. The molecule has 1 N–H and O–H groups in total. The maximum atomic E-state index is 12.4. The number of amides is 2. The summed E-state index contributed by atoms with van der Waals surface area (Å²) in [5.41, 5.74) is 1.93. The zero-order chi connectivity index (χ0) is 16.9. The van der Waals surface area contributed by atoms with Crippen LogP contribution in [-0.4, -0.2) is 66.3 Å². The van der Waals surface area contributed by atoms with Gasteiger partial charge in [0.25, 0.3) is 5.91 Å². The third-order valence-electron chi connectivity index (χ3n) is 4.91. The number of hydrogen-bond acceptors (Lipinski definition) is 3. The SMILES string of the molecule is O=C(O)N1CCC(Cc2ccc(C(=O)N3CCOCC3)cc2)CC1. The Morgan fingerprint density at radius 3 is 2.21 bits per heavy atom. The molecule has 1 aromatic carbocycles. The summed E-state index contributed by atoms with van der Waals surface area (Å²) in [6, 6.07) is 7.85. The molecule has 24 heavy (non-hydrogen) atoms. The molecule has 0 saturated carbocycles. The molecule has 2 aliphatic heterocycles. The molecule has 6 heteroatoms. The normalized spacial score (nSPS) is 19.3. The van der Waals surface area contributed by atoms with Crippen LogP contribution in [0.4, 0.5) is 4.79 Å². The molecule has 0 bridgehead atoms. The van der Waals surface area contributed by atoms with Crippen molar-refractivity contribution in [2.24, 2.45) is 5.92 Å². The number of benzene rings is 1. The Bertz CT molecular complexity index is 573. The van der Waals surface area contributed by atoms with E-state index in [1.165, 1.54) is 10.5 Å². The van der Waals surface area contributed by atoms with Crippen molar-refractivity contribution in [3.8, 4) is 0 Å². The van der Waals surface area contributed by atoms with Crippen LogP contribution in [0.25, 0.3) is 0 Å². The van der Waals surface area contributed by atoms with E-state index in [9.17, 15) is 9.59 Å². The minimum atomic E-state index is -0.820. The molecule has 0 radical (unpaired) electrons. The molecule has 130 valence electrons. The highest BCUT2D eigenvalue weighted by Crippen LogP contribution is 2.22. The number of ether oxygens (including phenoxy) is 1. The number of carboxylic acid groups (broad SMARTS) is 1. The van der Waals surface area contributed by atoms with Gasteiger partial charge >= 0.3 is 6.09 Å². The van der Waals surface area contributed by atoms with Gasteiger partial charge in [-0.05, 0) is 42.9 Å². The van der Waals surface area contributed by atoms with E-state index >= 15 is 0 Å². The molecule has 0 unspecified atom stereocenters. The summed E-state index contributed by atoms with van der Waals surface area (Å²) in [5, 5.41) is 8.99. The molecule has 0 spiro atoms. The van der Waals surface area contributed by atoms with Crippen molar-refractivity contribution < 1.29 is 19.4 Å². The second kappa shape index (κ2) is 7.66. The molecule has 3 rings (SSSR count). The maximum Gasteiger partial charge on any atom is 0.407 e. The van der Waals surface area contributed by atoms with Gasteiger partial charge in [0.1, 0.15) is 0 Å². The van der Waals surface area contributed by atoms with E-state index in [1.54, 1.807) is 0 Å². The maximum absolute atomic E-state index is 12.4. The Balaban J connectivity index is 1.53. The Kier molecular flexibility index (Phi) is 5.35. The molecule has 2 fully saturated rings. The van der Waals surface area contributed by atoms with Gasteiger partial charge in [-0.15, -0.1) is 0 Å². The van der Waals surface area contributed by atoms with Crippen LogP contribution in [0.2, 0.25) is 0 Å². The van der Waals surface area contributed by atoms with Gasteiger partial charge in [-0.1, -0.05) is 12.1 Å². The van der Waals surface area contributed by atoms with Crippen molar-refractivity contribution in [3.05, 3.63) is 35.4 Å². The fourth-order valence-electron chi connectivity index (χ4n) is 3.39. The van der Waals surface area contributed by atoms with E-state index in [0.717, 1.165) is 24.8 Å². The highest BCUT2D eigenvalue weighted by atomic mass is 16.5. The summed E-state index contributed by atoms with van der Waals surface area (Å²) >= 11 is 0. The molecule has 6 nitrogen and oxygen atoms in total. The van der Waals surface area contributed by atoms with Gasteiger partial charge in [-0.25, -0.2) is 4.79 Å². The van der Waals surface area contributed by atoms with Crippen molar-refractivity contribution >= 4 is 12.0 Å². The summed E-state index contributed by atoms with van der Waals surface area (Å²) in [6.45, 7) is 3.77. The predicted molar refractivity (Wildman–Crippen MR) is 89.2 cm³/mol. The average molecular weight is 332 g/mol. The van der Waals surface area contributed by atoms with E-state index in [4.69, 9.17) is 9.84 Å². The van der Waals surface area contributed by atoms with Gasteiger partial charge in [0.05, 0.1) is 13.2 Å². The van der Waals surface area contributed by atoms with Crippen LogP contribution >= 0.6 is 0 Å². The zero-order valence-corrected chi connectivity index (χ0v) is 13.8. The number of piperidine rings is 1. The fourth-order valence-corrected chi connectivity index (χ4v) is 3.39. The zero-order valence-electron chi connectivity index (χ0n) is 13.8. The topological polar surface area (TPSA) is 70.1 Å². The van der Waals surface area contributed by atoms with Crippen LogP contribution in [0.15, 0.2) is 24.3 Å². The molecule has 1 aromatic rings. The van der Waals surface area contributed by atoms with Crippen molar-refractivity contribution in [1.29, 1.82) is 0 Å². The molecule has 0 aromatic heterocycles.